The predicted molar refractivity (Wildman–Crippen MR) is 140 cm³/mol. The molecule has 2 N–H and O–H groups in total. The molecular formula is C27H40O3S2. The van der Waals surface area contributed by atoms with Crippen molar-refractivity contribution in [2.45, 2.75) is 85.5 Å². The standard InChI is InChI=1S/C27H40O3S2/c1-5-27(4,20-28)19-9-7-11-22-13-15-24(32-22)17-16-23-14-12-21(31-23)10-6-8-18-26(2,3)25(29)30/h12-17,28H,5-11,18-20H2,1-4H3,(H,29,30)/b17-16-. The van der Waals surface area contributed by atoms with Gasteiger partial charge in [-0.1, -0.05) is 26.7 Å². The van der Waals surface area contributed by atoms with Crippen LogP contribution in [-0.4, -0.2) is 22.8 Å². The molecule has 0 bridgehead atoms. The Hall–Kier alpha value is -1.43. The van der Waals surface area contributed by atoms with Crippen LogP contribution >= 0.6 is 22.7 Å². The Kier molecular flexibility index (Phi) is 10.7. The number of unbranched alkanes of at least 4 members (excludes halogenated alkanes) is 2. The fraction of sp³-hybridized carbons (Fsp3) is 0.593. The van der Waals surface area contributed by atoms with E-state index in [2.05, 4.69) is 50.3 Å². The maximum absolute atomic E-state index is 11.2. The van der Waals surface area contributed by atoms with Gasteiger partial charge in [0.25, 0.3) is 0 Å². The van der Waals surface area contributed by atoms with Crippen molar-refractivity contribution >= 4 is 40.8 Å². The number of aryl methyl sites for hydroxylation is 2. The molecule has 0 saturated heterocycles. The van der Waals surface area contributed by atoms with Crippen LogP contribution in [0.15, 0.2) is 24.3 Å². The molecule has 0 spiro atoms. The van der Waals surface area contributed by atoms with Crippen molar-refractivity contribution in [1.82, 2.24) is 0 Å². The molecule has 3 nitrogen and oxygen atoms in total. The van der Waals surface area contributed by atoms with Crippen LogP contribution in [0.3, 0.4) is 0 Å². The number of rotatable bonds is 15. The van der Waals surface area contributed by atoms with Crippen LogP contribution in [0.5, 0.6) is 0 Å². The molecule has 2 aromatic heterocycles. The number of aliphatic hydroxyl groups is 1. The number of hydrogen-bond donors (Lipinski definition) is 2. The van der Waals surface area contributed by atoms with Crippen LogP contribution in [0.25, 0.3) is 12.2 Å². The molecular weight excluding hydrogens is 436 g/mol. The highest BCUT2D eigenvalue weighted by molar-refractivity contribution is 7.13. The zero-order chi connectivity index (χ0) is 23.6. The average Bonchev–Trinajstić information content (AvgIpc) is 3.42. The molecule has 0 aromatic carbocycles. The Balaban J connectivity index is 1.73. The number of aliphatic hydroxyl groups excluding tert-OH is 1. The predicted octanol–water partition coefficient (Wildman–Crippen LogP) is 7.93. The van der Waals surface area contributed by atoms with Gasteiger partial charge in [0.15, 0.2) is 0 Å². The van der Waals surface area contributed by atoms with Crippen molar-refractivity contribution in [1.29, 1.82) is 0 Å². The summed E-state index contributed by atoms with van der Waals surface area (Å²) in [6.45, 7) is 8.23. The zero-order valence-electron chi connectivity index (χ0n) is 20.2. The van der Waals surface area contributed by atoms with Gasteiger partial charge < -0.3 is 10.2 Å². The molecule has 1 unspecified atom stereocenters. The summed E-state index contributed by atoms with van der Waals surface area (Å²) in [5.41, 5.74) is -0.545. The molecule has 2 rings (SSSR count). The maximum Gasteiger partial charge on any atom is 0.309 e. The number of carboxylic acid groups (broad SMARTS) is 1. The minimum atomic E-state index is -0.709. The summed E-state index contributed by atoms with van der Waals surface area (Å²) in [7, 11) is 0. The van der Waals surface area contributed by atoms with Crippen molar-refractivity contribution in [2.24, 2.45) is 10.8 Å². The van der Waals surface area contributed by atoms with Crippen LogP contribution in [0.1, 0.15) is 92.1 Å². The van der Waals surface area contributed by atoms with Gasteiger partial charge in [0.1, 0.15) is 0 Å². The fourth-order valence-electron chi connectivity index (χ4n) is 3.59. The van der Waals surface area contributed by atoms with E-state index in [4.69, 9.17) is 0 Å². The maximum atomic E-state index is 11.2. The van der Waals surface area contributed by atoms with Crippen LogP contribution in [0.4, 0.5) is 0 Å². The molecule has 0 amide bonds. The molecule has 0 saturated carbocycles. The van der Waals surface area contributed by atoms with Crippen molar-refractivity contribution < 1.29 is 15.0 Å². The summed E-state index contributed by atoms with van der Waals surface area (Å²) in [4.78, 5) is 16.5. The highest BCUT2D eigenvalue weighted by Crippen LogP contribution is 2.29. The van der Waals surface area contributed by atoms with Crippen LogP contribution in [-0.2, 0) is 17.6 Å². The monoisotopic (exact) mass is 476 g/mol. The third-order valence-electron chi connectivity index (χ3n) is 6.52. The SMILES string of the molecule is CCC(C)(CO)CCCCc1ccc(/C=C\c2ccc(CCCCC(C)(C)C(=O)O)s2)s1. The van der Waals surface area contributed by atoms with Crippen molar-refractivity contribution in [2.75, 3.05) is 6.61 Å². The lowest BCUT2D eigenvalue weighted by Gasteiger charge is -2.25. The van der Waals surface area contributed by atoms with E-state index in [1.54, 1.807) is 13.8 Å². The first-order chi connectivity index (χ1) is 15.2. The van der Waals surface area contributed by atoms with Crippen molar-refractivity contribution in [3.8, 4) is 0 Å². The molecule has 0 radical (unpaired) electrons. The second-order valence-corrected chi connectivity index (χ2v) is 12.3. The minimum Gasteiger partial charge on any atom is -0.481 e. The average molecular weight is 477 g/mol. The van der Waals surface area contributed by atoms with Crippen LogP contribution < -0.4 is 0 Å². The quantitative estimate of drug-likeness (QED) is 0.257. The summed E-state index contributed by atoms with van der Waals surface area (Å²) in [5.74, 6) is -0.709. The highest BCUT2D eigenvalue weighted by Gasteiger charge is 2.26. The summed E-state index contributed by atoms with van der Waals surface area (Å²) >= 11 is 3.70. The van der Waals surface area contributed by atoms with Crippen LogP contribution in [0, 0.1) is 10.8 Å². The molecule has 0 aliphatic carbocycles. The third kappa shape index (κ3) is 8.84. The first-order valence-electron chi connectivity index (χ1n) is 11.9. The Morgan fingerprint density at radius 3 is 1.81 bits per heavy atom. The van der Waals surface area contributed by atoms with Gasteiger partial charge in [-0.2, -0.15) is 0 Å². The van der Waals surface area contributed by atoms with Gasteiger partial charge >= 0.3 is 5.97 Å². The topological polar surface area (TPSA) is 57.5 Å². The second kappa shape index (κ2) is 12.7. The van der Waals surface area contributed by atoms with Crippen molar-refractivity contribution in [3.05, 3.63) is 43.8 Å². The second-order valence-electron chi connectivity index (χ2n) is 9.87. The van der Waals surface area contributed by atoms with E-state index in [1.807, 2.05) is 22.7 Å². The molecule has 0 fully saturated rings. The lowest BCUT2D eigenvalue weighted by molar-refractivity contribution is -0.147. The van der Waals surface area contributed by atoms with Gasteiger partial charge in [0.05, 0.1) is 5.41 Å². The van der Waals surface area contributed by atoms with E-state index < -0.39 is 11.4 Å². The van der Waals surface area contributed by atoms with E-state index in [-0.39, 0.29) is 12.0 Å². The van der Waals surface area contributed by atoms with Crippen LogP contribution in [0.2, 0.25) is 0 Å². The lowest BCUT2D eigenvalue weighted by atomic mass is 9.83. The largest absolute Gasteiger partial charge is 0.481 e. The van der Waals surface area contributed by atoms with Crippen molar-refractivity contribution in [3.63, 3.8) is 0 Å². The molecule has 2 heterocycles. The number of thiophene rings is 2. The molecule has 1 atom stereocenters. The summed E-state index contributed by atoms with van der Waals surface area (Å²) in [6.07, 6.45) is 13.7. The summed E-state index contributed by atoms with van der Waals surface area (Å²) < 4.78 is 0. The molecule has 0 aliphatic heterocycles. The third-order valence-corrected chi connectivity index (χ3v) is 8.74. The van der Waals surface area contributed by atoms with Gasteiger partial charge in [0.2, 0.25) is 0 Å². The normalized spacial score (nSPS) is 14.2. The van der Waals surface area contributed by atoms with E-state index in [1.165, 1.54) is 32.4 Å². The van der Waals surface area contributed by atoms with E-state index in [0.717, 1.165) is 44.9 Å². The zero-order valence-corrected chi connectivity index (χ0v) is 21.8. The Morgan fingerprint density at radius 1 is 0.875 bits per heavy atom. The van der Waals surface area contributed by atoms with E-state index in [0.29, 0.717) is 0 Å². The molecule has 178 valence electrons. The highest BCUT2D eigenvalue weighted by atomic mass is 32.1. The summed E-state index contributed by atoms with van der Waals surface area (Å²) in [5, 5.41) is 18.7. The first-order valence-corrected chi connectivity index (χ1v) is 13.5. The Bertz CT molecular complexity index is 856. The van der Waals surface area contributed by atoms with E-state index in [9.17, 15) is 15.0 Å². The lowest BCUT2D eigenvalue weighted by Crippen LogP contribution is -2.23. The van der Waals surface area contributed by atoms with Gasteiger partial charge in [-0.05, 0) is 101 Å². The summed E-state index contributed by atoms with van der Waals surface area (Å²) in [6, 6.07) is 8.83. The molecule has 0 aliphatic rings. The number of carboxylic acids is 1. The smallest absolute Gasteiger partial charge is 0.309 e. The van der Waals surface area contributed by atoms with E-state index >= 15 is 0 Å². The first kappa shape index (κ1) is 26.8. The van der Waals surface area contributed by atoms with Gasteiger partial charge in [-0.15, -0.1) is 22.7 Å². The van der Waals surface area contributed by atoms with Gasteiger partial charge in [-0.25, -0.2) is 0 Å². The van der Waals surface area contributed by atoms with Gasteiger partial charge in [-0.3, -0.25) is 4.79 Å². The van der Waals surface area contributed by atoms with Gasteiger partial charge in [0, 0.05) is 26.1 Å². The number of carbonyl (C=O) groups is 1. The fourth-order valence-corrected chi connectivity index (χ4v) is 5.51. The molecule has 5 heteroatoms. The molecule has 32 heavy (non-hydrogen) atoms. The Morgan fingerprint density at radius 2 is 1.38 bits per heavy atom. The number of aliphatic carboxylic acids is 1. The minimum absolute atomic E-state index is 0.0813. The number of hydrogen-bond acceptors (Lipinski definition) is 4. The molecule has 2 aromatic rings. The Labute approximate surface area is 202 Å².